The molecule has 1 aliphatic rings. The third kappa shape index (κ3) is 1.25. The molecule has 15 heavy (non-hydrogen) atoms. The average Bonchev–Trinajstić information content (AvgIpc) is 2.89. The standard InChI is InChI=1S/C11H12BrN3/c1-15-8-4-2-3-7(11(13)5-6-11)9(8)10(12)14-15/h2-4H,5-6,13H2,1H3. The van der Waals surface area contributed by atoms with Gasteiger partial charge in [-0.3, -0.25) is 4.68 Å². The van der Waals surface area contributed by atoms with Crippen molar-refractivity contribution in [3.05, 3.63) is 28.4 Å². The van der Waals surface area contributed by atoms with Gasteiger partial charge in [-0.15, -0.1) is 0 Å². The third-order valence-electron chi connectivity index (χ3n) is 3.16. The number of hydrogen-bond donors (Lipinski definition) is 1. The Balaban J connectivity index is 2.39. The highest BCUT2D eigenvalue weighted by Crippen LogP contribution is 2.46. The number of aryl methyl sites for hydroxylation is 1. The molecule has 1 saturated carbocycles. The fourth-order valence-electron chi connectivity index (χ4n) is 2.08. The van der Waals surface area contributed by atoms with Gasteiger partial charge < -0.3 is 5.73 Å². The molecule has 1 aliphatic carbocycles. The van der Waals surface area contributed by atoms with Crippen LogP contribution in [0.5, 0.6) is 0 Å². The van der Waals surface area contributed by atoms with E-state index in [0.717, 1.165) is 23.0 Å². The van der Waals surface area contributed by atoms with Crippen LogP contribution in [0.3, 0.4) is 0 Å². The smallest absolute Gasteiger partial charge is 0.136 e. The molecule has 0 saturated heterocycles. The van der Waals surface area contributed by atoms with Crippen LogP contribution < -0.4 is 5.73 Å². The Bertz CT molecular complexity index is 540. The van der Waals surface area contributed by atoms with Gasteiger partial charge in [0, 0.05) is 18.0 Å². The van der Waals surface area contributed by atoms with E-state index in [2.05, 4.69) is 39.2 Å². The minimum Gasteiger partial charge on any atom is -0.321 e. The van der Waals surface area contributed by atoms with Crippen molar-refractivity contribution in [3.63, 3.8) is 0 Å². The van der Waals surface area contributed by atoms with Crippen molar-refractivity contribution < 1.29 is 0 Å². The van der Waals surface area contributed by atoms with Crippen LogP contribution in [0.15, 0.2) is 22.8 Å². The quantitative estimate of drug-likeness (QED) is 0.860. The summed E-state index contributed by atoms with van der Waals surface area (Å²) in [5.41, 5.74) is 8.51. The zero-order valence-corrected chi connectivity index (χ0v) is 10.1. The van der Waals surface area contributed by atoms with E-state index in [9.17, 15) is 0 Å². The topological polar surface area (TPSA) is 43.8 Å². The zero-order chi connectivity index (χ0) is 10.6. The molecule has 2 N–H and O–H groups in total. The first-order valence-corrected chi connectivity index (χ1v) is 5.82. The number of rotatable bonds is 1. The van der Waals surface area contributed by atoms with Crippen LogP contribution in [0.2, 0.25) is 0 Å². The summed E-state index contributed by atoms with van der Waals surface area (Å²) in [7, 11) is 1.95. The first-order chi connectivity index (χ1) is 7.12. The lowest BCUT2D eigenvalue weighted by Gasteiger charge is -2.10. The SMILES string of the molecule is Cn1nc(Br)c2c(C3(N)CC3)cccc21. The Kier molecular flexibility index (Phi) is 1.77. The van der Waals surface area contributed by atoms with Gasteiger partial charge in [0.2, 0.25) is 0 Å². The molecular formula is C11H12BrN3. The predicted octanol–water partition coefficient (Wildman–Crippen LogP) is 2.28. The van der Waals surface area contributed by atoms with Crippen LogP contribution in [-0.2, 0) is 12.6 Å². The Morgan fingerprint density at radius 1 is 1.47 bits per heavy atom. The van der Waals surface area contributed by atoms with Crippen LogP contribution in [0.4, 0.5) is 0 Å². The highest BCUT2D eigenvalue weighted by molar-refractivity contribution is 9.10. The summed E-state index contributed by atoms with van der Waals surface area (Å²) < 4.78 is 2.78. The molecule has 4 heteroatoms. The molecule has 1 fully saturated rings. The van der Waals surface area contributed by atoms with Gasteiger partial charge in [0.1, 0.15) is 4.60 Å². The average molecular weight is 266 g/mol. The van der Waals surface area contributed by atoms with Gasteiger partial charge in [-0.1, -0.05) is 12.1 Å². The van der Waals surface area contributed by atoms with Crippen molar-refractivity contribution in [3.8, 4) is 0 Å². The lowest BCUT2D eigenvalue weighted by molar-refractivity contribution is 0.747. The van der Waals surface area contributed by atoms with Crippen LogP contribution in [0, 0.1) is 0 Å². The maximum Gasteiger partial charge on any atom is 0.136 e. The molecule has 1 aromatic carbocycles. The molecule has 0 aliphatic heterocycles. The molecule has 0 spiro atoms. The number of aromatic nitrogens is 2. The van der Waals surface area contributed by atoms with E-state index in [0.29, 0.717) is 0 Å². The summed E-state index contributed by atoms with van der Waals surface area (Å²) in [5.74, 6) is 0. The largest absolute Gasteiger partial charge is 0.321 e. The van der Waals surface area contributed by atoms with E-state index in [1.54, 1.807) is 0 Å². The van der Waals surface area contributed by atoms with Gasteiger partial charge in [0.25, 0.3) is 0 Å². The Morgan fingerprint density at radius 3 is 2.87 bits per heavy atom. The monoisotopic (exact) mass is 265 g/mol. The van der Waals surface area contributed by atoms with Gasteiger partial charge >= 0.3 is 0 Å². The van der Waals surface area contributed by atoms with Crippen molar-refractivity contribution in [2.75, 3.05) is 0 Å². The molecule has 0 unspecified atom stereocenters. The maximum atomic E-state index is 6.25. The van der Waals surface area contributed by atoms with Crippen molar-refractivity contribution >= 4 is 26.8 Å². The molecule has 0 bridgehead atoms. The van der Waals surface area contributed by atoms with Crippen LogP contribution in [0.1, 0.15) is 18.4 Å². The van der Waals surface area contributed by atoms with E-state index in [-0.39, 0.29) is 5.54 Å². The zero-order valence-electron chi connectivity index (χ0n) is 8.50. The van der Waals surface area contributed by atoms with Gasteiger partial charge in [0.15, 0.2) is 0 Å². The highest BCUT2D eigenvalue weighted by Gasteiger charge is 2.41. The van der Waals surface area contributed by atoms with Gasteiger partial charge in [-0.05, 0) is 40.4 Å². The fraction of sp³-hybridized carbons (Fsp3) is 0.364. The minimum absolute atomic E-state index is 0.106. The summed E-state index contributed by atoms with van der Waals surface area (Å²) in [5, 5.41) is 5.54. The predicted molar refractivity (Wildman–Crippen MR) is 63.5 cm³/mol. The molecule has 0 atom stereocenters. The van der Waals surface area contributed by atoms with E-state index in [1.165, 1.54) is 10.9 Å². The molecule has 1 heterocycles. The summed E-state index contributed by atoms with van der Waals surface area (Å²) in [6.45, 7) is 0. The van der Waals surface area contributed by atoms with E-state index in [4.69, 9.17) is 5.73 Å². The van der Waals surface area contributed by atoms with Crippen molar-refractivity contribution in [1.29, 1.82) is 0 Å². The fourth-order valence-corrected chi connectivity index (χ4v) is 2.74. The summed E-state index contributed by atoms with van der Waals surface area (Å²) in [6.07, 6.45) is 2.15. The number of nitrogens with zero attached hydrogens (tertiary/aromatic N) is 2. The number of benzene rings is 1. The van der Waals surface area contributed by atoms with E-state index >= 15 is 0 Å². The number of halogens is 1. The highest BCUT2D eigenvalue weighted by atomic mass is 79.9. The molecule has 0 radical (unpaired) electrons. The van der Waals surface area contributed by atoms with E-state index < -0.39 is 0 Å². The summed E-state index contributed by atoms with van der Waals surface area (Å²) >= 11 is 3.50. The summed E-state index contributed by atoms with van der Waals surface area (Å²) in [6, 6.07) is 6.24. The molecule has 0 amide bonds. The van der Waals surface area contributed by atoms with Crippen molar-refractivity contribution in [2.45, 2.75) is 18.4 Å². The normalized spacial score (nSPS) is 18.3. The van der Waals surface area contributed by atoms with Crippen LogP contribution in [-0.4, -0.2) is 9.78 Å². The molecule has 3 nitrogen and oxygen atoms in total. The molecule has 78 valence electrons. The minimum atomic E-state index is -0.106. The molecular weight excluding hydrogens is 254 g/mol. The number of hydrogen-bond acceptors (Lipinski definition) is 2. The second-order valence-corrected chi connectivity index (χ2v) is 5.02. The number of fused-ring (bicyclic) bond motifs is 1. The Morgan fingerprint density at radius 2 is 2.20 bits per heavy atom. The van der Waals surface area contributed by atoms with Crippen molar-refractivity contribution in [1.82, 2.24) is 9.78 Å². The molecule has 2 aromatic rings. The first kappa shape index (κ1) is 9.36. The second-order valence-electron chi connectivity index (χ2n) is 4.27. The van der Waals surface area contributed by atoms with Crippen LogP contribution in [0.25, 0.3) is 10.9 Å². The first-order valence-electron chi connectivity index (χ1n) is 5.02. The van der Waals surface area contributed by atoms with E-state index in [1.807, 2.05) is 11.7 Å². The lowest BCUT2D eigenvalue weighted by atomic mass is 10.0. The Labute approximate surface area is 96.4 Å². The molecule has 3 rings (SSSR count). The van der Waals surface area contributed by atoms with Gasteiger partial charge in [0.05, 0.1) is 5.52 Å². The second kappa shape index (κ2) is 2.83. The van der Waals surface area contributed by atoms with Crippen molar-refractivity contribution in [2.24, 2.45) is 12.8 Å². The van der Waals surface area contributed by atoms with Crippen LogP contribution >= 0.6 is 15.9 Å². The van der Waals surface area contributed by atoms with Gasteiger partial charge in [-0.25, -0.2) is 0 Å². The van der Waals surface area contributed by atoms with Gasteiger partial charge in [-0.2, -0.15) is 5.10 Å². The summed E-state index contributed by atoms with van der Waals surface area (Å²) in [4.78, 5) is 0. The molecule has 1 aromatic heterocycles. The maximum absolute atomic E-state index is 6.25. The third-order valence-corrected chi connectivity index (χ3v) is 3.72. The lowest BCUT2D eigenvalue weighted by Crippen LogP contribution is -2.18. The Hall–Kier alpha value is -0.870. The number of nitrogens with two attached hydrogens (primary N) is 1.